The van der Waals surface area contributed by atoms with Gasteiger partial charge in [0.05, 0.1) is 6.54 Å². The number of imidazole rings is 1. The largest absolute Gasteiger partial charge is 0.308 e. The van der Waals surface area contributed by atoms with Gasteiger partial charge in [-0.25, -0.2) is 9.97 Å². The molecule has 1 aromatic carbocycles. The van der Waals surface area contributed by atoms with E-state index < -0.39 is 0 Å². The van der Waals surface area contributed by atoms with Crippen LogP contribution >= 0.6 is 23.2 Å². The molecule has 0 fully saturated rings. The zero-order chi connectivity index (χ0) is 14.8. The number of benzene rings is 1. The summed E-state index contributed by atoms with van der Waals surface area (Å²) in [6.07, 6.45) is 2.52. The zero-order valence-electron chi connectivity index (χ0n) is 11.7. The second-order valence-electron chi connectivity index (χ2n) is 4.94. The summed E-state index contributed by atoms with van der Waals surface area (Å²) in [5, 5.41) is 0.754. The molecular formula is C16H15Cl2N3. The van der Waals surface area contributed by atoms with E-state index in [4.69, 9.17) is 28.2 Å². The van der Waals surface area contributed by atoms with Crippen molar-refractivity contribution >= 4 is 34.4 Å². The third-order valence-corrected chi connectivity index (χ3v) is 4.08. The molecule has 2 aromatic heterocycles. The molecule has 3 rings (SSSR count). The summed E-state index contributed by atoms with van der Waals surface area (Å²) < 4.78 is 2.10. The van der Waals surface area contributed by atoms with Crippen molar-refractivity contribution in [3.8, 4) is 0 Å². The van der Waals surface area contributed by atoms with Crippen LogP contribution in [0.3, 0.4) is 0 Å². The van der Waals surface area contributed by atoms with E-state index in [1.54, 1.807) is 0 Å². The van der Waals surface area contributed by atoms with Crippen molar-refractivity contribution in [2.24, 2.45) is 0 Å². The fourth-order valence-corrected chi connectivity index (χ4v) is 2.79. The standard InChI is InChI=1S/C16H15Cl2N3/c1-11-7-9-19-16-15(11)20-14(6-8-17)21(16)10-12-4-2-3-5-13(12)18/h2-5,7,9H,6,8,10H2,1H3. The lowest BCUT2D eigenvalue weighted by atomic mass is 10.2. The molecule has 0 saturated heterocycles. The van der Waals surface area contributed by atoms with E-state index in [9.17, 15) is 0 Å². The van der Waals surface area contributed by atoms with Gasteiger partial charge in [0.15, 0.2) is 5.65 Å². The Morgan fingerprint density at radius 3 is 2.76 bits per heavy atom. The first-order valence-corrected chi connectivity index (χ1v) is 7.72. The molecule has 108 valence electrons. The SMILES string of the molecule is Cc1ccnc2c1nc(CCCl)n2Cc1ccccc1Cl. The third-order valence-electron chi connectivity index (χ3n) is 3.52. The number of hydrogen-bond acceptors (Lipinski definition) is 2. The minimum absolute atomic E-state index is 0.533. The molecule has 0 aliphatic carbocycles. The van der Waals surface area contributed by atoms with Crippen LogP contribution in [0.5, 0.6) is 0 Å². The number of halogens is 2. The first kappa shape index (κ1) is 14.4. The molecule has 0 aliphatic rings. The number of aryl methyl sites for hydroxylation is 2. The summed E-state index contributed by atoms with van der Waals surface area (Å²) in [5.74, 6) is 1.48. The number of fused-ring (bicyclic) bond motifs is 1. The van der Waals surface area contributed by atoms with Gasteiger partial charge in [0.25, 0.3) is 0 Å². The van der Waals surface area contributed by atoms with Gasteiger partial charge in [-0.2, -0.15) is 0 Å². The Balaban J connectivity index is 2.13. The van der Waals surface area contributed by atoms with E-state index >= 15 is 0 Å². The molecule has 5 heteroatoms. The van der Waals surface area contributed by atoms with Gasteiger partial charge in [0.1, 0.15) is 11.3 Å². The van der Waals surface area contributed by atoms with Crippen molar-refractivity contribution in [2.75, 3.05) is 5.88 Å². The van der Waals surface area contributed by atoms with Gasteiger partial charge in [-0.1, -0.05) is 29.8 Å². The predicted molar refractivity (Wildman–Crippen MR) is 87.2 cm³/mol. The molecule has 0 saturated carbocycles. The van der Waals surface area contributed by atoms with Crippen molar-refractivity contribution in [1.29, 1.82) is 0 Å². The van der Waals surface area contributed by atoms with Crippen LogP contribution in [-0.4, -0.2) is 20.4 Å². The molecular weight excluding hydrogens is 305 g/mol. The summed E-state index contributed by atoms with van der Waals surface area (Å²) in [7, 11) is 0. The lowest BCUT2D eigenvalue weighted by Gasteiger charge is -2.09. The second kappa shape index (κ2) is 6.04. The Kier molecular flexibility index (Phi) is 4.13. The van der Waals surface area contributed by atoms with Gasteiger partial charge >= 0.3 is 0 Å². The quantitative estimate of drug-likeness (QED) is 0.674. The van der Waals surface area contributed by atoms with E-state index in [0.717, 1.165) is 33.1 Å². The van der Waals surface area contributed by atoms with Gasteiger partial charge in [0, 0.05) is 23.5 Å². The van der Waals surface area contributed by atoms with Gasteiger partial charge in [-0.3, -0.25) is 0 Å². The van der Waals surface area contributed by atoms with Crippen LogP contribution in [0.25, 0.3) is 11.2 Å². The summed E-state index contributed by atoms with van der Waals surface area (Å²) in [6, 6.07) is 9.81. The Morgan fingerprint density at radius 2 is 2.00 bits per heavy atom. The number of rotatable bonds is 4. The monoisotopic (exact) mass is 319 g/mol. The van der Waals surface area contributed by atoms with E-state index in [0.29, 0.717) is 18.8 Å². The van der Waals surface area contributed by atoms with E-state index in [1.165, 1.54) is 0 Å². The molecule has 0 unspecified atom stereocenters. The minimum Gasteiger partial charge on any atom is -0.308 e. The molecule has 0 N–H and O–H groups in total. The molecule has 0 spiro atoms. The topological polar surface area (TPSA) is 30.7 Å². The molecule has 0 aliphatic heterocycles. The molecule has 0 radical (unpaired) electrons. The van der Waals surface area contributed by atoms with Gasteiger partial charge < -0.3 is 4.57 Å². The van der Waals surface area contributed by atoms with Crippen molar-refractivity contribution in [3.05, 3.63) is 58.5 Å². The number of alkyl halides is 1. The maximum atomic E-state index is 6.27. The Hall–Kier alpha value is -1.58. The molecule has 0 atom stereocenters. The third kappa shape index (κ3) is 2.76. The Morgan fingerprint density at radius 1 is 1.19 bits per heavy atom. The molecule has 0 bridgehead atoms. The fourth-order valence-electron chi connectivity index (χ4n) is 2.42. The van der Waals surface area contributed by atoms with Gasteiger partial charge in [0.2, 0.25) is 0 Å². The second-order valence-corrected chi connectivity index (χ2v) is 5.73. The van der Waals surface area contributed by atoms with Crippen LogP contribution in [0.2, 0.25) is 5.02 Å². The number of hydrogen-bond donors (Lipinski definition) is 0. The first-order valence-electron chi connectivity index (χ1n) is 6.81. The van der Waals surface area contributed by atoms with Crippen LogP contribution in [-0.2, 0) is 13.0 Å². The van der Waals surface area contributed by atoms with Crippen molar-refractivity contribution in [3.63, 3.8) is 0 Å². The first-order chi connectivity index (χ1) is 10.2. The molecule has 3 aromatic rings. The maximum Gasteiger partial charge on any atom is 0.160 e. The van der Waals surface area contributed by atoms with Crippen molar-refractivity contribution < 1.29 is 0 Å². The Bertz CT molecular complexity index is 780. The van der Waals surface area contributed by atoms with Gasteiger partial charge in [-0.05, 0) is 30.2 Å². The number of pyridine rings is 1. The smallest absolute Gasteiger partial charge is 0.160 e. The zero-order valence-corrected chi connectivity index (χ0v) is 13.2. The van der Waals surface area contributed by atoms with Crippen molar-refractivity contribution in [1.82, 2.24) is 14.5 Å². The Labute approximate surface area is 133 Å². The lowest BCUT2D eigenvalue weighted by molar-refractivity contribution is 0.748. The fraction of sp³-hybridized carbons (Fsp3) is 0.250. The number of aromatic nitrogens is 3. The molecule has 21 heavy (non-hydrogen) atoms. The van der Waals surface area contributed by atoms with Crippen LogP contribution < -0.4 is 0 Å². The van der Waals surface area contributed by atoms with Crippen LogP contribution in [0.15, 0.2) is 36.5 Å². The summed E-state index contributed by atoms with van der Waals surface area (Å²) in [4.78, 5) is 9.19. The van der Waals surface area contributed by atoms with Crippen LogP contribution in [0, 0.1) is 6.92 Å². The lowest BCUT2D eigenvalue weighted by Crippen LogP contribution is -2.07. The van der Waals surface area contributed by atoms with Crippen LogP contribution in [0.4, 0.5) is 0 Å². The predicted octanol–water partition coefficient (Wildman–Crippen LogP) is 4.22. The van der Waals surface area contributed by atoms with Gasteiger partial charge in [-0.15, -0.1) is 11.6 Å². The summed E-state index contributed by atoms with van der Waals surface area (Å²) in [6.45, 7) is 2.69. The normalized spacial score (nSPS) is 11.2. The summed E-state index contributed by atoms with van der Waals surface area (Å²) in [5.41, 5.74) is 3.99. The minimum atomic E-state index is 0.533. The van der Waals surface area contributed by atoms with E-state index in [2.05, 4.69) is 9.55 Å². The van der Waals surface area contributed by atoms with Crippen LogP contribution in [0.1, 0.15) is 17.0 Å². The highest BCUT2D eigenvalue weighted by Gasteiger charge is 2.14. The highest BCUT2D eigenvalue weighted by molar-refractivity contribution is 6.31. The van der Waals surface area contributed by atoms with Crippen molar-refractivity contribution in [2.45, 2.75) is 19.9 Å². The maximum absolute atomic E-state index is 6.27. The highest BCUT2D eigenvalue weighted by atomic mass is 35.5. The molecule has 3 nitrogen and oxygen atoms in total. The molecule has 2 heterocycles. The number of nitrogens with zero attached hydrogens (tertiary/aromatic N) is 3. The van der Waals surface area contributed by atoms with E-state index in [1.807, 2.05) is 43.5 Å². The highest BCUT2D eigenvalue weighted by Crippen LogP contribution is 2.22. The summed E-state index contributed by atoms with van der Waals surface area (Å²) >= 11 is 12.2. The van der Waals surface area contributed by atoms with E-state index in [-0.39, 0.29) is 0 Å². The average Bonchev–Trinajstić information content (AvgIpc) is 2.82. The molecule has 0 amide bonds. The average molecular weight is 320 g/mol.